The molecule has 19 heavy (non-hydrogen) atoms. The third-order valence-electron chi connectivity index (χ3n) is 2.71. The van der Waals surface area contributed by atoms with Gasteiger partial charge in [-0.3, -0.25) is 4.79 Å². The number of hydrogen-bond acceptors (Lipinski definition) is 3. The van der Waals surface area contributed by atoms with Crippen LogP contribution in [0.4, 0.5) is 5.69 Å². The largest absolute Gasteiger partial charge is 0.502 e. The number of rotatable bonds is 8. The molecule has 0 aliphatic heterocycles. The fraction of sp³-hybridized carbons (Fsp3) is 0.400. The van der Waals surface area contributed by atoms with Crippen LogP contribution in [0.2, 0.25) is 0 Å². The lowest BCUT2D eigenvalue weighted by molar-refractivity contribution is -0.114. The molecular weight excluding hydrogens is 240 g/mol. The maximum Gasteiger partial charge on any atom is 0.221 e. The van der Waals surface area contributed by atoms with Crippen LogP contribution in [0, 0.1) is 0 Å². The van der Waals surface area contributed by atoms with Crippen molar-refractivity contribution in [3.8, 4) is 0 Å². The summed E-state index contributed by atoms with van der Waals surface area (Å²) in [4.78, 5) is 11.0. The smallest absolute Gasteiger partial charge is 0.221 e. The Hall–Kier alpha value is -1.81. The Balaban J connectivity index is 2.44. The van der Waals surface area contributed by atoms with Crippen LogP contribution < -0.4 is 10.6 Å². The Morgan fingerprint density at radius 3 is 3.00 bits per heavy atom. The van der Waals surface area contributed by atoms with Gasteiger partial charge in [0.1, 0.15) is 0 Å². The first-order valence-corrected chi connectivity index (χ1v) is 6.47. The van der Waals surface area contributed by atoms with Crippen molar-refractivity contribution >= 4 is 11.6 Å². The maximum absolute atomic E-state index is 11.0. The van der Waals surface area contributed by atoms with E-state index in [0.29, 0.717) is 6.61 Å². The summed E-state index contributed by atoms with van der Waals surface area (Å²) in [7, 11) is 0. The van der Waals surface area contributed by atoms with Gasteiger partial charge in [-0.05, 0) is 37.6 Å². The summed E-state index contributed by atoms with van der Waals surface area (Å²) in [6.45, 7) is 8.65. The minimum atomic E-state index is -0.0562. The molecule has 4 heteroatoms. The highest BCUT2D eigenvalue weighted by Crippen LogP contribution is 2.17. The van der Waals surface area contributed by atoms with E-state index >= 15 is 0 Å². The maximum atomic E-state index is 11.0. The average molecular weight is 262 g/mol. The van der Waals surface area contributed by atoms with Crippen LogP contribution >= 0.6 is 0 Å². The zero-order valence-corrected chi connectivity index (χ0v) is 11.6. The van der Waals surface area contributed by atoms with Crippen molar-refractivity contribution in [2.45, 2.75) is 26.3 Å². The highest BCUT2D eigenvalue weighted by molar-refractivity contribution is 5.88. The van der Waals surface area contributed by atoms with Crippen molar-refractivity contribution in [3.05, 3.63) is 42.7 Å². The van der Waals surface area contributed by atoms with Gasteiger partial charge in [-0.15, -0.1) is 0 Å². The fourth-order valence-electron chi connectivity index (χ4n) is 1.76. The number of benzene rings is 1. The minimum absolute atomic E-state index is 0.0562. The van der Waals surface area contributed by atoms with Gasteiger partial charge in [-0.1, -0.05) is 18.7 Å². The van der Waals surface area contributed by atoms with Gasteiger partial charge in [0, 0.05) is 18.7 Å². The molecule has 0 saturated carbocycles. The summed E-state index contributed by atoms with van der Waals surface area (Å²) in [6.07, 6.45) is 2.39. The van der Waals surface area contributed by atoms with Crippen LogP contribution in [0.1, 0.15) is 31.9 Å². The summed E-state index contributed by atoms with van der Waals surface area (Å²) >= 11 is 0. The van der Waals surface area contributed by atoms with E-state index in [0.717, 1.165) is 24.2 Å². The molecule has 0 heterocycles. The second kappa shape index (κ2) is 8.32. The van der Waals surface area contributed by atoms with E-state index in [1.165, 1.54) is 13.2 Å². The van der Waals surface area contributed by atoms with Crippen LogP contribution in [-0.4, -0.2) is 19.1 Å². The summed E-state index contributed by atoms with van der Waals surface area (Å²) in [6, 6.07) is 8.09. The van der Waals surface area contributed by atoms with Crippen molar-refractivity contribution in [2.24, 2.45) is 0 Å². The Kier molecular flexibility index (Phi) is 6.68. The van der Waals surface area contributed by atoms with Gasteiger partial charge in [-0.25, -0.2) is 0 Å². The van der Waals surface area contributed by atoms with E-state index in [-0.39, 0.29) is 11.9 Å². The van der Waals surface area contributed by atoms with E-state index < -0.39 is 0 Å². The third kappa shape index (κ3) is 6.06. The van der Waals surface area contributed by atoms with Gasteiger partial charge in [-0.2, -0.15) is 0 Å². The molecule has 1 unspecified atom stereocenters. The predicted molar refractivity (Wildman–Crippen MR) is 77.9 cm³/mol. The summed E-state index contributed by atoms with van der Waals surface area (Å²) in [5.74, 6) is -0.0562. The average Bonchev–Trinajstić information content (AvgIpc) is 2.38. The van der Waals surface area contributed by atoms with Gasteiger partial charge >= 0.3 is 0 Å². The van der Waals surface area contributed by atoms with E-state index in [9.17, 15) is 4.79 Å². The van der Waals surface area contributed by atoms with Crippen LogP contribution in [0.15, 0.2) is 37.1 Å². The number of carbonyl (C=O) groups excluding carboxylic acids is 1. The SMILES string of the molecule is C=COCCCNC(C)c1cccc(NC(C)=O)c1. The molecule has 1 atom stereocenters. The topological polar surface area (TPSA) is 50.4 Å². The van der Waals surface area contributed by atoms with E-state index in [4.69, 9.17) is 4.74 Å². The Morgan fingerprint density at radius 2 is 2.32 bits per heavy atom. The molecule has 0 aromatic heterocycles. The molecule has 1 aromatic carbocycles. The number of amides is 1. The number of nitrogens with one attached hydrogen (secondary N) is 2. The summed E-state index contributed by atoms with van der Waals surface area (Å²) < 4.78 is 5.06. The van der Waals surface area contributed by atoms with Crippen molar-refractivity contribution in [2.75, 3.05) is 18.5 Å². The molecule has 0 spiro atoms. The molecule has 0 radical (unpaired) electrons. The lowest BCUT2D eigenvalue weighted by Gasteiger charge is -2.15. The zero-order valence-electron chi connectivity index (χ0n) is 11.6. The van der Waals surface area contributed by atoms with Gasteiger partial charge in [0.25, 0.3) is 0 Å². The molecule has 1 amide bonds. The second-order valence-electron chi connectivity index (χ2n) is 4.37. The summed E-state index contributed by atoms with van der Waals surface area (Å²) in [5.41, 5.74) is 1.98. The normalized spacial score (nSPS) is 11.7. The fourth-order valence-corrected chi connectivity index (χ4v) is 1.76. The van der Waals surface area contributed by atoms with Crippen molar-refractivity contribution in [1.29, 1.82) is 0 Å². The molecule has 1 aromatic rings. The highest BCUT2D eigenvalue weighted by Gasteiger charge is 2.05. The second-order valence-corrected chi connectivity index (χ2v) is 4.37. The lowest BCUT2D eigenvalue weighted by Crippen LogP contribution is -2.21. The van der Waals surface area contributed by atoms with E-state index in [2.05, 4.69) is 24.1 Å². The van der Waals surface area contributed by atoms with Gasteiger partial charge < -0.3 is 15.4 Å². The Bertz CT molecular complexity index is 418. The molecule has 4 nitrogen and oxygen atoms in total. The van der Waals surface area contributed by atoms with Gasteiger partial charge in [0.15, 0.2) is 0 Å². The minimum Gasteiger partial charge on any atom is -0.502 e. The molecule has 0 saturated heterocycles. The van der Waals surface area contributed by atoms with Crippen LogP contribution in [0.3, 0.4) is 0 Å². The van der Waals surface area contributed by atoms with Crippen LogP contribution in [0.5, 0.6) is 0 Å². The Morgan fingerprint density at radius 1 is 1.53 bits per heavy atom. The standard InChI is InChI=1S/C15H22N2O2/c1-4-19-10-6-9-16-12(2)14-7-5-8-15(11-14)17-13(3)18/h4-5,7-8,11-12,16H,1,6,9-10H2,2-3H3,(H,17,18). The monoisotopic (exact) mass is 262 g/mol. The molecule has 0 fully saturated rings. The Labute approximate surface area is 114 Å². The van der Waals surface area contributed by atoms with Gasteiger partial charge in [0.2, 0.25) is 5.91 Å². The molecule has 2 N–H and O–H groups in total. The lowest BCUT2D eigenvalue weighted by atomic mass is 10.1. The number of ether oxygens (including phenoxy) is 1. The van der Waals surface area contributed by atoms with Gasteiger partial charge in [0.05, 0.1) is 12.9 Å². The van der Waals surface area contributed by atoms with E-state index in [1.807, 2.05) is 24.3 Å². The van der Waals surface area contributed by atoms with Crippen molar-refractivity contribution in [3.63, 3.8) is 0 Å². The first kappa shape index (κ1) is 15.2. The van der Waals surface area contributed by atoms with Crippen LogP contribution in [0.25, 0.3) is 0 Å². The predicted octanol–water partition coefficient (Wildman–Crippen LogP) is 2.85. The molecule has 1 rings (SSSR count). The zero-order chi connectivity index (χ0) is 14.1. The van der Waals surface area contributed by atoms with Crippen molar-refractivity contribution < 1.29 is 9.53 Å². The first-order valence-electron chi connectivity index (χ1n) is 6.47. The van der Waals surface area contributed by atoms with Crippen LogP contribution in [-0.2, 0) is 9.53 Å². The third-order valence-corrected chi connectivity index (χ3v) is 2.71. The highest BCUT2D eigenvalue weighted by atomic mass is 16.5. The molecular formula is C15H22N2O2. The number of anilines is 1. The number of carbonyl (C=O) groups is 1. The first-order chi connectivity index (χ1) is 9.13. The molecule has 0 aliphatic rings. The molecule has 104 valence electrons. The molecule has 0 aliphatic carbocycles. The summed E-state index contributed by atoms with van der Waals surface area (Å²) in [5, 5.41) is 6.20. The molecule has 0 bridgehead atoms. The number of hydrogen-bond donors (Lipinski definition) is 2. The van der Waals surface area contributed by atoms with E-state index in [1.54, 1.807) is 0 Å². The quantitative estimate of drug-likeness (QED) is 0.559. The van der Waals surface area contributed by atoms with Crippen molar-refractivity contribution in [1.82, 2.24) is 5.32 Å².